The van der Waals surface area contributed by atoms with Crippen LogP contribution in [0.1, 0.15) is 35.6 Å². The van der Waals surface area contributed by atoms with E-state index in [4.69, 9.17) is 0 Å². The lowest BCUT2D eigenvalue weighted by Crippen LogP contribution is -2.28. The molecule has 0 aliphatic heterocycles. The van der Waals surface area contributed by atoms with Crippen molar-refractivity contribution in [2.24, 2.45) is 0 Å². The molecule has 1 unspecified atom stereocenters. The van der Waals surface area contributed by atoms with Gasteiger partial charge in [-0.3, -0.25) is 4.79 Å². The second-order valence-corrected chi connectivity index (χ2v) is 6.02. The van der Waals surface area contributed by atoms with Crippen LogP contribution in [-0.4, -0.2) is 38.8 Å². The molecular weight excluding hydrogens is 290 g/mol. The molecule has 0 bridgehead atoms. The highest BCUT2D eigenvalue weighted by molar-refractivity contribution is 9.09. The van der Waals surface area contributed by atoms with Gasteiger partial charge in [-0.15, -0.1) is 5.10 Å². The molecule has 6 heteroatoms. The molecule has 0 fully saturated rings. The topological polar surface area (TPSA) is 46.1 Å². The Bertz CT molecular complexity index is 354. The third-order valence-electron chi connectivity index (χ3n) is 2.29. The Kier molecular flexibility index (Phi) is 5.34. The van der Waals surface area contributed by atoms with Crippen molar-refractivity contribution in [2.45, 2.75) is 31.5 Å². The van der Waals surface area contributed by atoms with E-state index >= 15 is 0 Å². The fourth-order valence-electron chi connectivity index (χ4n) is 1.25. The van der Waals surface area contributed by atoms with E-state index in [-0.39, 0.29) is 5.91 Å². The van der Waals surface area contributed by atoms with Gasteiger partial charge in [0.1, 0.15) is 4.88 Å². The number of carbonyl (C=O) groups is 1. The zero-order valence-electron chi connectivity index (χ0n) is 9.73. The van der Waals surface area contributed by atoms with Gasteiger partial charge in [0.2, 0.25) is 0 Å². The van der Waals surface area contributed by atoms with E-state index < -0.39 is 0 Å². The third kappa shape index (κ3) is 3.52. The van der Waals surface area contributed by atoms with Crippen molar-refractivity contribution >= 4 is 33.4 Å². The van der Waals surface area contributed by atoms with E-state index in [2.05, 4.69) is 32.4 Å². The largest absolute Gasteiger partial charge is 0.341 e. The Morgan fingerprint density at radius 3 is 2.88 bits per heavy atom. The molecule has 1 atom stereocenters. The molecule has 0 aliphatic rings. The molecule has 90 valence electrons. The molecule has 1 rings (SSSR count). The second kappa shape index (κ2) is 6.30. The summed E-state index contributed by atoms with van der Waals surface area (Å²) in [5.41, 5.74) is 0.800. The summed E-state index contributed by atoms with van der Waals surface area (Å²) in [6.07, 6.45) is 1.69. The molecule has 0 aromatic carbocycles. The summed E-state index contributed by atoms with van der Waals surface area (Å²) in [5.74, 6) is 0.0278. The van der Waals surface area contributed by atoms with Crippen molar-refractivity contribution in [2.75, 3.05) is 13.6 Å². The predicted molar refractivity (Wildman–Crippen MR) is 69.3 cm³/mol. The number of rotatable bonds is 5. The first-order valence-corrected chi connectivity index (χ1v) is 6.96. The molecule has 0 radical (unpaired) electrons. The average Bonchev–Trinajstić information content (AvgIpc) is 2.72. The SMILES string of the molecule is CCc1nnsc1C(=O)N(C)CCC(C)Br. The molecule has 1 amide bonds. The molecule has 1 heterocycles. The quantitative estimate of drug-likeness (QED) is 0.785. The lowest BCUT2D eigenvalue weighted by Gasteiger charge is -2.17. The smallest absolute Gasteiger partial charge is 0.267 e. The highest BCUT2D eigenvalue weighted by Gasteiger charge is 2.18. The van der Waals surface area contributed by atoms with Gasteiger partial charge in [-0.25, -0.2) is 0 Å². The van der Waals surface area contributed by atoms with Gasteiger partial charge in [-0.2, -0.15) is 0 Å². The zero-order chi connectivity index (χ0) is 12.1. The molecule has 16 heavy (non-hydrogen) atoms. The van der Waals surface area contributed by atoms with Crippen molar-refractivity contribution in [1.82, 2.24) is 14.5 Å². The van der Waals surface area contributed by atoms with Crippen LogP contribution in [0, 0.1) is 0 Å². The van der Waals surface area contributed by atoms with Gasteiger partial charge in [0, 0.05) is 18.4 Å². The van der Waals surface area contributed by atoms with Gasteiger partial charge < -0.3 is 4.90 Å². The van der Waals surface area contributed by atoms with Crippen LogP contribution in [-0.2, 0) is 6.42 Å². The fourth-order valence-corrected chi connectivity index (χ4v) is 2.20. The van der Waals surface area contributed by atoms with E-state index in [1.807, 2.05) is 14.0 Å². The minimum atomic E-state index is 0.0278. The number of aryl methyl sites for hydroxylation is 1. The van der Waals surface area contributed by atoms with Crippen LogP contribution in [0.25, 0.3) is 0 Å². The Hall–Kier alpha value is -0.490. The van der Waals surface area contributed by atoms with Gasteiger partial charge in [0.05, 0.1) is 5.69 Å². The van der Waals surface area contributed by atoms with Crippen molar-refractivity contribution in [1.29, 1.82) is 0 Å². The highest BCUT2D eigenvalue weighted by atomic mass is 79.9. The van der Waals surface area contributed by atoms with Crippen LogP contribution in [0.3, 0.4) is 0 Å². The second-order valence-electron chi connectivity index (χ2n) is 3.70. The lowest BCUT2D eigenvalue weighted by molar-refractivity contribution is 0.0797. The zero-order valence-corrected chi connectivity index (χ0v) is 12.1. The van der Waals surface area contributed by atoms with Crippen molar-refractivity contribution in [3.63, 3.8) is 0 Å². The number of aromatic nitrogens is 2. The minimum Gasteiger partial charge on any atom is -0.341 e. The Labute approximate surface area is 108 Å². The number of alkyl halides is 1. The van der Waals surface area contributed by atoms with Crippen LogP contribution in [0.4, 0.5) is 0 Å². The molecule has 0 aliphatic carbocycles. The van der Waals surface area contributed by atoms with E-state index in [0.717, 1.165) is 25.1 Å². The first-order chi connectivity index (χ1) is 7.56. The van der Waals surface area contributed by atoms with Gasteiger partial charge in [0.15, 0.2) is 0 Å². The Balaban J connectivity index is 2.63. The molecule has 0 saturated carbocycles. The summed E-state index contributed by atoms with van der Waals surface area (Å²) < 4.78 is 3.83. The summed E-state index contributed by atoms with van der Waals surface area (Å²) in [5, 5.41) is 3.95. The maximum atomic E-state index is 12.0. The van der Waals surface area contributed by atoms with Crippen LogP contribution in [0.2, 0.25) is 0 Å². The van der Waals surface area contributed by atoms with Gasteiger partial charge >= 0.3 is 0 Å². The van der Waals surface area contributed by atoms with Crippen LogP contribution < -0.4 is 0 Å². The lowest BCUT2D eigenvalue weighted by atomic mass is 10.2. The minimum absolute atomic E-state index is 0.0278. The van der Waals surface area contributed by atoms with E-state index in [1.165, 1.54) is 11.5 Å². The highest BCUT2D eigenvalue weighted by Crippen LogP contribution is 2.14. The van der Waals surface area contributed by atoms with Crippen molar-refractivity contribution in [3.8, 4) is 0 Å². The standard InChI is InChI=1S/C10H16BrN3OS/c1-4-8-9(16-13-12-8)10(15)14(3)6-5-7(2)11/h7H,4-6H2,1-3H3. The molecule has 4 nitrogen and oxygen atoms in total. The summed E-state index contributed by atoms with van der Waals surface area (Å²) in [4.78, 5) is 14.9. The maximum Gasteiger partial charge on any atom is 0.267 e. The number of halogens is 1. The first-order valence-electron chi connectivity index (χ1n) is 5.27. The normalized spacial score (nSPS) is 12.5. The number of hydrogen-bond acceptors (Lipinski definition) is 4. The van der Waals surface area contributed by atoms with Crippen molar-refractivity contribution < 1.29 is 4.79 Å². The van der Waals surface area contributed by atoms with Crippen molar-refractivity contribution in [3.05, 3.63) is 10.6 Å². The molecular formula is C10H16BrN3OS. The molecule has 1 aromatic heterocycles. The number of nitrogens with zero attached hydrogens (tertiary/aromatic N) is 3. The van der Waals surface area contributed by atoms with Crippen LogP contribution in [0.5, 0.6) is 0 Å². The van der Waals surface area contributed by atoms with Gasteiger partial charge in [-0.05, 0) is 24.4 Å². The summed E-state index contributed by atoms with van der Waals surface area (Å²) in [7, 11) is 1.82. The number of carbonyl (C=O) groups excluding carboxylic acids is 1. The monoisotopic (exact) mass is 305 g/mol. The van der Waals surface area contributed by atoms with E-state index in [0.29, 0.717) is 9.70 Å². The van der Waals surface area contributed by atoms with Gasteiger partial charge in [-0.1, -0.05) is 34.3 Å². The van der Waals surface area contributed by atoms with E-state index in [1.54, 1.807) is 4.90 Å². The van der Waals surface area contributed by atoms with Crippen LogP contribution in [0.15, 0.2) is 0 Å². The average molecular weight is 306 g/mol. The molecule has 1 aromatic rings. The maximum absolute atomic E-state index is 12.0. The predicted octanol–water partition coefficient (Wildman–Crippen LogP) is 2.35. The van der Waals surface area contributed by atoms with Gasteiger partial charge in [0.25, 0.3) is 5.91 Å². The number of hydrogen-bond donors (Lipinski definition) is 0. The first kappa shape index (κ1) is 13.6. The van der Waals surface area contributed by atoms with E-state index in [9.17, 15) is 4.79 Å². The summed E-state index contributed by atoms with van der Waals surface area (Å²) in [6, 6.07) is 0. The Morgan fingerprint density at radius 2 is 2.31 bits per heavy atom. The van der Waals surface area contributed by atoms with Crippen LogP contribution >= 0.6 is 27.5 Å². The molecule has 0 N–H and O–H groups in total. The fraction of sp³-hybridized carbons (Fsp3) is 0.700. The Morgan fingerprint density at radius 1 is 1.62 bits per heavy atom. The number of amides is 1. The molecule has 0 saturated heterocycles. The summed E-state index contributed by atoms with van der Waals surface area (Å²) >= 11 is 4.65. The molecule has 0 spiro atoms. The summed E-state index contributed by atoms with van der Waals surface area (Å²) in [6.45, 7) is 4.80. The third-order valence-corrected chi connectivity index (χ3v) is 3.51.